The minimum atomic E-state index is -0.187. The Labute approximate surface area is 114 Å². The Balaban J connectivity index is 2.63. The summed E-state index contributed by atoms with van der Waals surface area (Å²) in [6.45, 7) is 2.04. The maximum Gasteiger partial charge on any atom is 0.252 e. The Morgan fingerprint density at radius 1 is 1.59 bits per heavy atom. The highest BCUT2D eigenvalue weighted by Gasteiger charge is 2.12. The molecule has 0 spiro atoms. The van der Waals surface area contributed by atoms with Crippen molar-refractivity contribution in [1.82, 2.24) is 5.32 Å². The fourth-order valence-corrected chi connectivity index (χ4v) is 2.20. The molecule has 0 heterocycles. The normalized spacial score (nSPS) is 12.2. The first-order chi connectivity index (χ1) is 8.04. The fraction of sp³-hybridized carbons (Fsp3) is 0.417. The highest BCUT2D eigenvalue weighted by Crippen LogP contribution is 2.21. The van der Waals surface area contributed by atoms with Gasteiger partial charge in [0.15, 0.2) is 0 Å². The Kier molecular flexibility index (Phi) is 5.95. The van der Waals surface area contributed by atoms with E-state index < -0.39 is 0 Å². The maximum atomic E-state index is 11.9. The topological polar surface area (TPSA) is 49.3 Å². The summed E-state index contributed by atoms with van der Waals surface area (Å²) in [6.07, 6.45) is 1.42. The predicted molar refractivity (Wildman–Crippen MR) is 72.4 cm³/mol. The second-order valence-corrected chi connectivity index (χ2v) is 5.19. The Morgan fingerprint density at radius 3 is 2.88 bits per heavy atom. The lowest BCUT2D eigenvalue weighted by molar-refractivity contribution is 0.0936. The third kappa shape index (κ3) is 4.66. The number of aliphatic hydroxyl groups is 1. The van der Waals surface area contributed by atoms with Crippen LogP contribution in [0.15, 0.2) is 22.7 Å². The molecule has 0 saturated carbocycles. The summed E-state index contributed by atoms with van der Waals surface area (Å²) in [5.41, 5.74) is 0.464. The molecular formula is C12H15BrClNO2. The second-order valence-electron chi connectivity index (χ2n) is 3.86. The monoisotopic (exact) mass is 319 g/mol. The molecule has 1 rings (SSSR count). The SMILES string of the molecule is CC(CCCO)NC(=O)c1ccc(Br)cc1Cl. The van der Waals surface area contributed by atoms with E-state index in [4.69, 9.17) is 16.7 Å². The molecule has 0 radical (unpaired) electrons. The van der Waals surface area contributed by atoms with Gasteiger partial charge >= 0.3 is 0 Å². The van der Waals surface area contributed by atoms with Gasteiger partial charge in [-0.3, -0.25) is 4.79 Å². The molecule has 0 aliphatic heterocycles. The zero-order valence-electron chi connectivity index (χ0n) is 9.54. The molecule has 0 bridgehead atoms. The summed E-state index contributed by atoms with van der Waals surface area (Å²) >= 11 is 9.27. The lowest BCUT2D eigenvalue weighted by Gasteiger charge is -2.13. The van der Waals surface area contributed by atoms with Crippen molar-refractivity contribution in [3.8, 4) is 0 Å². The molecule has 0 aliphatic carbocycles. The van der Waals surface area contributed by atoms with Crippen LogP contribution >= 0.6 is 27.5 Å². The van der Waals surface area contributed by atoms with E-state index in [-0.39, 0.29) is 18.6 Å². The van der Waals surface area contributed by atoms with E-state index in [1.807, 2.05) is 6.92 Å². The van der Waals surface area contributed by atoms with Crippen molar-refractivity contribution in [3.63, 3.8) is 0 Å². The van der Waals surface area contributed by atoms with Crippen LogP contribution in [0.4, 0.5) is 0 Å². The first kappa shape index (κ1) is 14.5. The average Bonchev–Trinajstić information content (AvgIpc) is 2.26. The van der Waals surface area contributed by atoms with E-state index in [2.05, 4.69) is 21.2 Å². The molecule has 0 saturated heterocycles. The van der Waals surface area contributed by atoms with Crippen LogP contribution in [0.2, 0.25) is 5.02 Å². The van der Waals surface area contributed by atoms with Gasteiger partial charge in [-0.2, -0.15) is 0 Å². The van der Waals surface area contributed by atoms with Crippen LogP contribution in [-0.4, -0.2) is 23.7 Å². The molecule has 2 N–H and O–H groups in total. The van der Waals surface area contributed by atoms with Crippen molar-refractivity contribution in [2.75, 3.05) is 6.61 Å². The lowest BCUT2D eigenvalue weighted by atomic mass is 10.1. The van der Waals surface area contributed by atoms with Crippen LogP contribution in [0, 0.1) is 0 Å². The van der Waals surface area contributed by atoms with Crippen molar-refractivity contribution in [3.05, 3.63) is 33.3 Å². The number of rotatable bonds is 5. The zero-order valence-corrected chi connectivity index (χ0v) is 11.9. The number of carbonyl (C=O) groups is 1. The van der Waals surface area contributed by atoms with Crippen molar-refractivity contribution in [1.29, 1.82) is 0 Å². The molecule has 1 aromatic rings. The summed E-state index contributed by atoms with van der Waals surface area (Å²) in [5.74, 6) is -0.187. The number of aliphatic hydroxyl groups excluding tert-OH is 1. The molecular weight excluding hydrogens is 305 g/mol. The van der Waals surface area contributed by atoms with Crippen molar-refractivity contribution in [2.24, 2.45) is 0 Å². The van der Waals surface area contributed by atoms with Gasteiger partial charge in [-0.15, -0.1) is 0 Å². The minimum Gasteiger partial charge on any atom is -0.396 e. The summed E-state index contributed by atoms with van der Waals surface area (Å²) in [4.78, 5) is 11.9. The highest BCUT2D eigenvalue weighted by molar-refractivity contribution is 9.10. The van der Waals surface area contributed by atoms with Gasteiger partial charge in [-0.25, -0.2) is 0 Å². The zero-order chi connectivity index (χ0) is 12.8. The molecule has 5 heteroatoms. The number of benzene rings is 1. The number of carbonyl (C=O) groups excluding carboxylic acids is 1. The Hall–Kier alpha value is -0.580. The highest BCUT2D eigenvalue weighted by atomic mass is 79.9. The molecule has 94 valence electrons. The summed E-state index contributed by atoms with van der Waals surface area (Å²) in [7, 11) is 0. The van der Waals surface area contributed by atoms with Gasteiger partial charge in [0.1, 0.15) is 0 Å². The van der Waals surface area contributed by atoms with Crippen LogP contribution in [0.1, 0.15) is 30.1 Å². The third-order valence-corrected chi connectivity index (χ3v) is 3.15. The number of hydrogen-bond acceptors (Lipinski definition) is 2. The first-order valence-electron chi connectivity index (χ1n) is 5.41. The van der Waals surface area contributed by atoms with Crippen LogP contribution < -0.4 is 5.32 Å². The standard InChI is InChI=1S/C12H15BrClNO2/c1-8(3-2-6-16)15-12(17)10-5-4-9(13)7-11(10)14/h4-5,7-8,16H,2-3,6H2,1H3,(H,15,17). The largest absolute Gasteiger partial charge is 0.396 e. The number of amides is 1. The molecule has 3 nitrogen and oxygen atoms in total. The number of nitrogens with one attached hydrogen (secondary N) is 1. The van der Waals surface area contributed by atoms with Crippen molar-refractivity contribution >= 4 is 33.4 Å². The second kappa shape index (κ2) is 6.99. The maximum absolute atomic E-state index is 11.9. The van der Waals surface area contributed by atoms with Gasteiger partial charge < -0.3 is 10.4 Å². The minimum absolute atomic E-state index is 0.0226. The predicted octanol–water partition coefficient (Wildman–Crippen LogP) is 2.99. The van der Waals surface area contributed by atoms with E-state index in [9.17, 15) is 4.79 Å². The molecule has 0 aromatic heterocycles. The van der Waals surface area contributed by atoms with E-state index in [1.54, 1.807) is 18.2 Å². The van der Waals surface area contributed by atoms with E-state index in [0.29, 0.717) is 17.0 Å². The molecule has 1 unspecified atom stereocenters. The summed E-state index contributed by atoms with van der Waals surface area (Å²) in [5, 5.41) is 12.0. The Morgan fingerprint density at radius 2 is 2.29 bits per heavy atom. The van der Waals surface area contributed by atoms with E-state index in [1.165, 1.54) is 0 Å². The summed E-state index contributed by atoms with van der Waals surface area (Å²) < 4.78 is 0.840. The molecule has 1 amide bonds. The van der Waals surface area contributed by atoms with E-state index in [0.717, 1.165) is 10.9 Å². The summed E-state index contributed by atoms with van der Waals surface area (Å²) in [6, 6.07) is 5.17. The number of hydrogen-bond donors (Lipinski definition) is 2. The van der Waals surface area contributed by atoms with Gasteiger partial charge in [-0.1, -0.05) is 27.5 Å². The molecule has 0 fully saturated rings. The first-order valence-corrected chi connectivity index (χ1v) is 6.58. The fourth-order valence-electron chi connectivity index (χ4n) is 1.44. The lowest BCUT2D eigenvalue weighted by Crippen LogP contribution is -2.32. The van der Waals surface area contributed by atoms with Crippen LogP contribution in [0.3, 0.4) is 0 Å². The number of halogens is 2. The van der Waals surface area contributed by atoms with Crippen LogP contribution in [0.5, 0.6) is 0 Å². The van der Waals surface area contributed by atoms with Crippen molar-refractivity contribution < 1.29 is 9.90 Å². The molecule has 0 aliphatic rings. The van der Waals surface area contributed by atoms with Gasteiger partial charge in [0.05, 0.1) is 10.6 Å². The Bertz CT molecular complexity index is 398. The molecule has 1 atom stereocenters. The smallest absolute Gasteiger partial charge is 0.252 e. The van der Waals surface area contributed by atoms with Crippen LogP contribution in [0.25, 0.3) is 0 Å². The molecule has 17 heavy (non-hydrogen) atoms. The van der Waals surface area contributed by atoms with Crippen molar-refractivity contribution in [2.45, 2.75) is 25.8 Å². The molecule has 1 aromatic carbocycles. The quantitative estimate of drug-likeness (QED) is 0.876. The van der Waals surface area contributed by atoms with Gasteiger partial charge in [0.2, 0.25) is 0 Å². The van der Waals surface area contributed by atoms with Gasteiger partial charge in [0.25, 0.3) is 5.91 Å². The van der Waals surface area contributed by atoms with E-state index >= 15 is 0 Å². The van der Waals surface area contributed by atoms with Gasteiger partial charge in [-0.05, 0) is 38.0 Å². The average molecular weight is 321 g/mol. The van der Waals surface area contributed by atoms with Gasteiger partial charge in [0, 0.05) is 17.1 Å². The third-order valence-electron chi connectivity index (χ3n) is 2.35. The van der Waals surface area contributed by atoms with Crippen LogP contribution in [-0.2, 0) is 0 Å².